The van der Waals surface area contributed by atoms with Crippen molar-refractivity contribution in [1.82, 2.24) is 0 Å². The van der Waals surface area contributed by atoms with Crippen molar-refractivity contribution in [1.29, 1.82) is 0 Å². The number of likely N-dealkylation sites (N-methyl/N-ethyl adjacent to an activating group) is 1. The molecule has 0 aliphatic carbocycles. The monoisotopic (exact) mass is 275 g/mol. The number of carbonyl (C=O) groups is 1. The lowest BCUT2D eigenvalue weighted by molar-refractivity contribution is -0.114. The molecule has 0 unspecified atom stereocenters. The van der Waals surface area contributed by atoms with E-state index in [-0.39, 0.29) is 5.91 Å². The Bertz CT molecular complexity index is 692. The molecule has 2 heteroatoms. The van der Waals surface area contributed by atoms with Gasteiger partial charge in [-0.15, -0.1) is 0 Å². The Morgan fingerprint density at radius 3 is 2.43 bits per heavy atom. The van der Waals surface area contributed by atoms with E-state index in [1.54, 1.807) is 4.90 Å². The fraction of sp³-hybridized carbons (Fsp3) is 0.105. The van der Waals surface area contributed by atoms with E-state index in [1.165, 1.54) is 6.08 Å². The Balaban J connectivity index is 2.40. The van der Waals surface area contributed by atoms with Gasteiger partial charge in [-0.3, -0.25) is 4.79 Å². The van der Waals surface area contributed by atoms with E-state index in [0.29, 0.717) is 6.54 Å². The zero-order valence-electron chi connectivity index (χ0n) is 12.0. The van der Waals surface area contributed by atoms with Gasteiger partial charge in [-0.1, -0.05) is 48.8 Å². The van der Waals surface area contributed by atoms with Crippen molar-refractivity contribution in [3.8, 4) is 11.8 Å². The summed E-state index contributed by atoms with van der Waals surface area (Å²) in [7, 11) is 0. The third-order valence-electron chi connectivity index (χ3n) is 3.07. The standard InChI is InChI=1S/C19H17NO/c1-3-19(21)20(4-2)18-13-9-8-12-17(18)15-14-16-10-6-5-7-11-16/h3,5-13H,1,4H2,2H3. The number of hydrogen-bond acceptors (Lipinski definition) is 1. The van der Waals surface area contributed by atoms with Crippen LogP contribution in [0, 0.1) is 11.8 Å². The SMILES string of the molecule is C=CC(=O)N(CC)c1ccccc1C#Cc1ccccc1. The third kappa shape index (κ3) is 3.61. The highest BCUT2D eigenvalue weighted by Gasteiger charge is 2.13. The Hall–Kier alpha value is -2.79. The first-order chi connectivity index (χ1) is 10.3. The van der Waals surface area contributed by atoms with Gasteiger partial charge in [0, 0.05) is 17.7 Å². The molecule has 0 fully saturated rings. The van der Waals surface area contributed by atoms with Crippen LogP contribution < -0.4 is 4.90 Å². The van der Waals surface area contributed by atoms with Crippen LogP contribution in [0.1, 0.15) is 18.1 Å². The van der Waals surface area contributed by atoms with Crippen molar-refractivity contribution >= 4 is 11.6 Å². The van der Waals surface area contributed by atoms with E-state index in [4.69, 9.17) is 0 Å². The molecule has 0 spiro atoms. The van der Waals surface area contributed by atoms with Crippen LogP contribution in [0.25, 0.3) is 0 Å². The number of carbonyl (C=O) groups excluding carboxylic acids is 1. The highest BCUT2D eigenvalue weighted by molar-refractivity contribution is 6.01. The predicted octanol–water partition coefficient (Wildman–Crippen LogP) is 3.63. The molecule has 0 aliphatic heterocycles. The first-order valence-electron chi connectivity index (χ1n) is 6.86. The third-order valence-corrected chi connectivity index (χ3v) is 3.07. The molecule has 1 amide bonds. The van der Waals surface area contributed by atoms with Crippen molar-refractivity contribution in [2.24, 2.45) is 0 Å². The fourth-order valence-corrected chi connectivity index (χ4v) is 2.03. The quantitative estimate of drug-likeness (QED) is 0.619. The molecule has 0 saturated carbocycles. The second-order valence-corrected chi connectivity index (χ2v) is 4.42. The molecular formula is C19H17NO. The van der Waals surface area contributed by atoms with Gasteiger partial charge in [-0.25, -0.2) is 0 Å². The summed E-state index contributed by atoms with van der Waals surface area (Å²) in [5, 5.41) is 0. The van der Waals surface area contributed by atoms with Gasteiger partial charge in [0.25, 0.3) is 0 Å². The summed E-state index contributed by atoms with van der Waals surface area (Å²) in [6, 6.07) is 17.4. The normalized spacial score (nSPS) is 9.38. The molecule has 104 valence electrons. The number of rotatable bonds is 3. The Morgan fingerprint density at radius 1 is 1.10 bits per heavy atom. The largest absolute Gasteiger partial charge is 0.308 e. The van der Waals surface area contributed by atoms with E-state index >= 15 is 0 Å². The predicted molar refractivity (Wildman–Crippen MR) is 87.1 cm³/mol. The van der Waals surface area contributed by atoms with Crippen molar-refractivity contribution in [3.05, 3.63) is 78.4 Å². The van der Waals surface area contributed by atoms with Crippen molar-refractivity contribution in [2.45, 2.75) is 6.92 Å². The average molecular weight is 275 g/mol. The lowest BCUT2D eigenvalue weighted by Crippen LogP contribution is -2.29. The number of hydrogen-bond donors (Lipinski definition) is 0. The van der Waals surface area contributed by atoms with Gasteiger partial charge in [-0.05, 0) is 37.3 Å². The van der Waals surface area contributed by atoms with Crippen molar-refractivity contribution in [2.75, 3.05) is 11.4 Å². The molecule has 2 nitrogen and oxygen atoms in total. The summed E-state index contributed by atoms with van der Waals surface area (Å²) < 4.78 is 0. The first kappa shape index (κ1) is 14.6. The topological polar surface area (TPSA) is 20.3 Å². The summed E-state index contributed by atoms with van der Waals surface area (Å²) in [6.45, 7) is 6.06. The molecule has 0 heterocycles. The van der Waals surface area contributed by atoms with Gasteiger partial charge in [0.2, 0.25) is 5.91 Å². The lowest BCUT2D eigenvalue weighted by Gasteiger charge is -2.20. The molecule has 0 saturated heterocycles. The molecule has 0 N–H and O–H groups in total. The Kier molecular flexibility index (Phi) is 4.95. The molecule has 0 bridgehead atoms. The number of amides is 1. The number of anilines is 1. The van der Waals surface area contributed by atoms with Gasteiger partial charge < -0.3 is 4.90 Å². The molecule has 2 aromatic rings. The van der Waals surface area contributed by atoms with Crippen LogP contribution in [0.3, 0.4) is 0 Å². The molecule has 2 aromatic carbocycles. The zero-order chi connectivity index (χ0) is 15.1. The summed E-state index contributed by atoms with van der Waals surface area (Å²) in [6.07, 6.45) is 1.32. The average Bonchev–Trinajstić information content (AvgIpc) is 2.55. The number of benzene rings is 2. The highest BCUT2D eigenvalue weighted by atomic mass is 16.2. The van der Waals surface area contributed by atoms with E-state index in [0.717, 1.165) is 16.8 Å². The molecule has 21 heavy (non-hydrogen) atoms. The summed E-state index contributed by atoms with van der Waals surface area (Å²) in [4.78, 5) is 13.6. The van der Waals surface area contributed by atoms with Crippen LogP contribution in [-0.2, 0) is 4.79 Å². The lowest BCUT2D eigenvalue weighted by atomic mass is 10.1. The van der Waals surface area contributed by atoms with Crippen LogP contribution in [0.2, 0.25) is 0 Å². The summed E-state index contributed by atoms with van der Waals surface area (Å²) in [5.41, 5.74) is 2.59. The summed E-state index contributed by atoms with van der Waals surface area (Å²) in [5.74, 6) is 6.15. The van der Waals surface area contributed by atoms with Gasteiger partial charge in [0.1, 0.15) is 0 Å². The molecular weight excluding hydrogens is 258 g/mol. The van der Waals surface area contributed by atoms with Crippen molar-refractivity contribution < 1.29 is 4.79 Å². The minimum absolute atomic E-state index is 0.119. The maximum atomic E-state index is 11.9. The van der Waals surface area contributed by atoms with Crippen LogP contribution in [0.15, 0.2) is 67.3 Å². The second kappa shape index (κ2) is 7.12. The van der Waals surface area contributed by atoms with Crippen LogP contribution in [0.5, 0.6) is 0 Å². The highest BCUT2D eigenvalue weighted by Crippen LogP contribution is 2.20. The number of nitrogens with zero attached hydrogens (tertiary/aromatic N) is 1. The maximum Gasteiger partial charge on any atom is 0.250 e. The minimum Gasteiger partial charge on any atom is -0.308 e. The molecule has 2 rings (SSSR count). The van der Waals surface area contributed by atoms with Gasteiger partial charge in [0.15, 0.2) is 0 Å². The molecule has 0 aromatic heterocycles. The Morgan fingerprint density at radius 2 is 1.76 bits per heavy atom. The van der Waals surface area contributed by atoms with Gasteiger partial charge >= 0.3 is 0 Å². The van der Waals surface area contributed by atoms with E-state index in [9.17, 15) is 4.79 Å². The fourth-order valence-electron chi connectivity index (χ4n) is 2.03. The maximum absolute atomic E-state index is 11.9. The van der Waals surface area contributed by atoms with Crippen LogP contribution in [0.4, 0.5) is 5.69 Å². The van der Waals surface area contributed by atoms with Crippen LogP contribution in [-0.4, -0.2) is 12.5 Å². The second-order valence-electron chi connectivity index (χ2n) is 4.42. The van der Waals surface area contributed by atoms with Gasteiger partial charge in [-0.2, -0.15) is 0 Å². The first-order valence-corrected chi connectivity index (χ1v) is 6.86. The molecule has 0 radical (unpaired) electrons. The molecule has 0 atom stereocenters. The zero-order valence-corrected chi connectivity index (χ0v) is 12.0. The smallest absolute Gasteiger partial charge is 0.250 e. The van der Waals surface area contributed by atoms with Crippen molar-refractivity contribution in [3.63, 3.8) is 0 Å². The van der Waals surface area contributed by atoms with Gasteiger partial charge in [0.05, 0.1) is 5.69 Å². The van der Waals surface area contributed by atoms with E-state index < -0.39 is 0 Å². The minimum atomic E-state index is -0.119. The molecule has 0 aliphatic rings. The van der Waals surface area contributed by atoms with E-state index in [2.05, 4.69) is 18.4 Å². The number of para-hydroxylation sites is 1. The summed E-state index contributed by atoms with van der Waals surface area (Å²) >= 11 is 0. The van der Waals surface area contributed by atoms with E-state index in [1.807, 2.05) is 61.5 Å². The van der Waals surface area contributed by atoms with Crippen LogP contribution >= 0.6 is 0 Å². The Labute approximate surface area is 125 Å².